The highest BCUT2D eigenvalue weighted by atomic mass is 79.9. The molecule has 0 spiro atoms. The van der Waals surface area contributed by atoms with Gasteiger partial charge in [0.25, 0.3) is 0 Å². The SMILES string of the molecule is Brc1ccc(CSc2nnc(C3CC3)n2C2CC2)nc1. The van der Waals surface area contributed by atoms with Gasteiger partial charge in [0, 0.05) is 28.4 Å². The van der Waals surface area contributed by atoms with Crippen LogP contribution in [0.3, 0.4) is 0 Å². The lowest BCUT2D eigenvalue weighted by atomic mass is 10.4. The van der Waals surface area contributed by atoms with Crippen molar-refractivity contribution >= 4 is 27.7 Å². The fourth-order valence-electron chi connectivity index (χ4n) is 2.31. The van der Waals surface area contributed by atoms with Gasteiger partial charge in [0.05, 0.1) is 5.69 Å². The molecule has 4 rings (SSSR count). The Hall–Kier alpha value is -0.880. The number of thioether (sulfide) groups is 1. The highest BCUT2D eigenvalue weighted by molar-refractivity contribution is 9.10. The molecule has 2 fully saturated rings. The largest absolute Gasteiger partial charge is 0.303 e. The number of rotatable bonds is 5. The molecule has 0 bridgehead atoms. The molecule has 0 unspecified atom stereocenters. The van der Waals surface area contributed by atoms with E-state index in [4.69, 9.17) is 0 Å². The van der Waals surface area contributed by atoms with E-state index in [9.17, 15) is 0 Å². The van der Waals surface area contributed by atoms with Crippen LogP contribution in [0.25, 0.3) is 0 Å². The van der Waals surface area contributed by atoms with Crippen LogP contribution in [0.5, 0.6) is 0 Å². The molecule has 0 N–H and O–H groups in total. The lowest BCUT2D eigenvalue weighted by Crippen LogP contribution is -2.02. The monoisotopic (exact) mass is 350 g/mol. The summed E-state index contributed by atoms with van der Waals surface area (Å²) in [6.07, 6.45) is 6.97. The molecule has 0 saturated heterocycles. The molecule has 20 heavy (non-hydrogen) atoms. The predicted molar refractivity (Wildman–Crippen MR) is 81.8 cm³/mol. The molecule has 2 heterocycles. The van der Waals surface area contributed by atoms with Crippen LogP contribution in [0.2, 0.25) is 0 Å². The Morgan fingerprint density at radius 2 is 2.05 bits per heavy atom. The molecule has 2 saturated carbocycles. The quantitative estimate of drug-likeness (QED) is 0.766. The normalized spacial score (nSPS) is 18.4. The lowest BCUT2D eigenvalue weighted by molar-refractivity contribution is 0.627. The van der Waals surface area contributed by atoms with Crippen LogP contribution in [0.15, 0.2) is 28.0 Å². The highest BCUT2D eigenvalue weighted by Gasteiger charge is 2.36. The first kappa shape index (κ1) is 12.8. The topological polar surface area (TPSA) is 43.6 Å². The maximum atomic E-state index is 4.43. The first-order valence-electron chi connectivity index (χ1n) is 6.99. The van der Waals surface area contributed by atoms with Gasteiger partial charge in [0.15, 0.2) is 5.16 Å². The number of hydrogen-bond donors (Lipinski definition) is 0. The molecule has 2 aromatic rings. The molecule has 0 amide bonds. The molecule has 2 aliphatic rings. The fourth-order valence-corrected chi connectivity index (χ4v) is 3.48. The van der Waals surface area contributed by atoms with Gasteiger partial charge in [-0.05, 0) is 53.7 Å². The zero-order valence-corrected chi connectivity index (χ0v) is 13.4. The zero-order valence-electron chi connectivity index (χ0n) is 11.0. The maximum absolute atomic E-state index is 4.43. The first-order valence-corrected chi connectivity index (χ1v) is 8.77. The summed E-state index contributed by atoms with van der Waals surface area (Å²) >= 11 is 5.16. The maximum Gasteiger partial charge on any atom is 0.191 e. The van der Waals surface area contributed by atoms with E-state index in [2.05, 4.69) is 41.7 Å². The number of halogens is 1. The average molecular weight is 351 g/mol. The second kappa shape index (κ2) is 5.15. The van der Waals surface area contributed by atoms with Crippen molar-refractivity contribution in [2.45, 2.75) is 48.6 Å². The Kier molecular flexibility index (Phi) is 3.30. The minimum Gasteiger partial charge on any atom is -0.303 e. The van der Waals surface area contributed by atoms with E-state index in [-0.39, 0.29) is 0 Å². The molecule has 0 aromatic carbocycles. The molecule has 0 radical (unpaired) electrons. The summed E-state index contributed by atoms with van der Waals surface area (Å²) < 4.78 is 3.41. The summed E-state index contributed by atoms with van der Waals surface area (Å²) in [5.41, 5.74) is 1.08. The van der Waals surface area contributed by atoms with Crippen molar-refractivity contribution in [2.75, 3.05) is 0 Å². The summed E-state index contributed by atoms with van der Waals surface area (Å²) in [6.45, 7) is 0. The second-order valence-corrected chi connectivity index (χ2v) is 7.33. The van der Waals surface area contributed by atoms with Crippen molar-refractivity contribution in [3.8, 4) is 0 Å². The van der Waals surface area contributed by atoms with E-state index in [1.54, 1.807) is 11.8 Å². The van der Waals surface area contributed by atoms with Crippen LogP contribution >= 0.6 is 27.7 Å². The van der Waals surface area contributed by atoms with Crippen molar-refractivity contribution < 1.29 is 0 Å². The molecule has 6 heteroatoms. The van der Waals surface area contributed by atoms with Gasteiger partial charge in [0.1, 0.15) is 5.82 Å². The van der Waals surface area contributed by atoms with Crippen molar-refractivity contribution in [1.82, 2.24) is 19.7 Å². The van der Waals surface area contributed by atoms with Crippen LogP contribution in [0.4, 0.5) is 0 Å². The summed E-state index contributed by atoms with van der Waals surface area (Å²) in [6, 6.07) is 4.74. The molecular weight excluding hydrogens is 336 g/mol. The zero-order chi connectivity index (χ0) is 13.5. The van der Waals surface area contributed by atoms with Gasteiger partial charge in [0.2, 0.25) is 0 Å². The minimum atomic E-state index is 0.654. The summed E-state index contributed by atoms with van der Waals surface area (Å²) in [7, 11) is 0. The molecule has 0 atom stereocenters. The number of pyridine rings is 1. The van der Waals surface area contributed by atoms with Crippen molar-refractivity contribution in [1.29, 1.82) is 0 Å². The summed E-state index contributed by atoms with van der Waals surface area (Å²) in [4.78, 5) is 4.41. The van der Waals surface area contributed by atoms with Crippen molar-refractivity contribution in [3.05, 3.63) is 34.3 Å². The van der Waals surface area contributed by atoms with Gasteiger partial charge < -0.3 is 4.57 Å². The van der Waals surface area contributed by atoms with Crippen LogP contribution in [-0.2, 0) is 5.75 Å². The molecular formula is C14H15BrN4S. The molecule has 2 aliphatic carbocycles. The van der Waals surface area contributed by atoms with Crippen molar-refractivity contribution in [3.63, 3.8) is 0 Å². The summed E-state index contributed by atoms with van der Waals surface area (Å²) in [5.74, 6) is 2.74. The van der Waals surface area contributed by atoms with Gasteiger partial charge in [-0.25, -0.2) is 0 Å². The Balaban J connectivity index is 1.52. The number of aromatic nitrogens is 4. The standard InChI is InChI=1S/C14H15BrN4S/c15-10-3-4-11(16-7-10)8-20-14-18-17-13(9-1-2-9)19(14)12-5-6-12/h3-4,7,9,12H,1-2,5-6,8H2. The van der Waals surface area contributed by atoms with E-state index in [0.29, 0.717) is 12.0 Å². The van der Waals surface area contributed by atoms with Crippen LogP contribution in [0.1, 0.15) is 49.2 Å². The average Bonchev–Trinajstić information content (AvgIpc) is 3.37. The Labute approximate surface area is 130 Å². The molecule has 104 valence electrons. The van der Waals surface area contributed by atoms with E-state index < -0.39 is 0 Å². The third-order valence-electron chi connectivity index (χ3n) is 3.68. The molecule has 2 aromatic heterocycles. The smallest absolute Gasteiger partial charge is 0.191 e. The number of nitrogens with zero attached hydrogens (tertiary/aromatic N) is 4. The van der Waals surface area contributed by atoms with E-state index in [0.717, 1.165) is 21.1 Å². The second-order valence-electron chi connectivity index (χ2n) is 5.47. The van der Waals surface area contributed by atoms with E-state index >= 15 is 0 Å². The fraction of sp³-hybridized carbons (Fsp3) is 0.500. The predicted octanol–water partition coefficient (Wildman–Crippen LogP) is 3.94. The Morgan fingerprint density at radius 3 is 2.70 bits per heavy atom. The summed E-state index contributed by atoms with van der Waals surface area (Å²) in [5, 5.41) is 9.91. The van der Waals surface area contributed by atoms with Crippen LogP contribution in [-0.4, -0.2) is 19.7 Å². The van der Waals surface area contributed by atoms with Gasteiger partial charge in [-0.15, -0.1) is 10.2 Å². The third-order valence-corrected chi connectivity index (χ3v) is 5.13. The lowest BCUT2D eigenvalue weighted by Gasteiger charge is -2.07. The van der Waals surface area contributed by atoms with Crippen LogP contribution < -0.4 is 0 Å². The minimum absolute atomic E-state index is 0.654. The Bertz CT molecular complexity index is 617. The third kappa shape index (κ3) is 2.63. The van der Waals surface area contributed by atoms with Gasteiger partial charge in [-0.3, -0.25) is 4.98 Å². The van der Waals surface area contributed by atoms with Crippen LogP contribution in [0, 0.1) is 0 Å². The van der Waals surface area contributed by atoms with Gasteiger partial charge in [-0.1, -0.05) is 11.8 Å². The molecule has 4 nitrogen and oxygen atoms in total. The Morgan fingerprint density at radius 1 is 1.20 bits per heavy atom. The van der Waals surface area contributed by atoms with Crippen molar-refractivity contribution in [2.24, 2.45) is 0 Å². The molecule has 0 aliphatic heterocycles. The van der Waals surface area contributed by atoms with Gasteiger partial charge >= 0.3 is 0 Å². The van der Waals surface area contributed by atoms with E-state index in [1.165, 1.54) is 31.5 Å². The first-order chi connectivity index (χ1) is 9.81. The number of hydrogen-bond acceptors (Lipinski definition) is 4. The van der Waals surface area contributed by atoms with E-state index in [1.807, 2.05) is 12.3 Å². The van der Waals surface area contributed by atoms with Gasteiger partial charge in [-0.2, -0.15) is 0 Å². The highest BCUT2D eigenvalue weighted by Crippen LogP contribution is 2.46.